The maximum Gasteiger partial charge on any atom is 0.286 e. The van der Waals surface area contributed by atoms with Crippen molar-refractivity contribution in [3.05, 3.63) is 64.1 Å². The first-order valence-electron chi connectivity index (χ1n) is 8.74. The van der Waals surface area contributed by atoms with Gasteiger partial charge in [-0.3, -0.25) is 4.79 Å². The molecule has 1 amide bonds. The summed E-state index contributed by atoms with van der Waals surface area (Å²) in [5.41, 5.74) is 3.51. The van der Waals surface area contributed by atoms with Crippen molar-refractivity contribution in [2.75, 3.05) is 20.8 Å². The molecule has 0 unspecified atom stereocenters. The molecule has 0 saturated carbocycles. The molecule has 2 aromatic rings. The molecule has 2 aliphatic rings. The van der Waals surface area contributed by atoms with Crippen LogP contribution in [-0.2, 0) is 17.8 Å². The number of fused-ring (bicyclic) bond motifs is 1. The van der Waals surface area contributed by atoms with Crippen LogP contribution in [0.3, 0.4) is 0 Å². The quantitative estimate of drug-likeness (QED) is 0.760. The molecule has 0 radical (unpaired) electrons. The number of ether oxygens (including phenoxy) is 2. The number of rotatable bonds is 3. The molecule has 0 spiro atoms. The molecule has 4 rings (SSSR count). The molecular formula is C21H20N2O3S. The number of carbonyl (C=O) groups is 1. The summed E-state index contributed by atoms with van der Waals surface area (Å²) >= 11 is 1.42. The molecule has 138 valence electrons. The number of methoxy groups -OCH3 is 2. The van der Waals surface area contributed by atoms with E-state index in [2.05, 4.69) is 34.2 Å². The highest BCUT2D eigenvalue weighted by Crippen LogP contribution is 2.35. The number of amides is 1. The summed E-state index contributed by atoms with van der Waals surface area (Å²) in [7, 11) is 3.22. The molecule has 0 aromatic heterocycles. The van der Waals surface area contributed by atoms with Crippen LogP contribution < -0.4 is 9.47 Å². The number of aliphatic imine (C=N–C) groups is 1. The summed E-state index contributed by atoms with van der Waals surface area (Å²) in [5, 5.41) is 0.772. The van der Waals surface area contributed by atoms with E-state index in [-0.39, 0.29) is 5.91 Å². The SMILES string of the molecule is COc1ccc(C=C2SC(N3CCc4ccccc4C3)=NC2=O)c(OC)c1. The number of benzene rings is 2. The van der Waals surface area contributed by atoms with E-state index < -0.39 is 0 Å². The van der Waals surface area contributed by atoms with E-state index in [0.717, 1.165) is 30.2 Å². The van der Waals surface area contributed by atoms with E-state index in [4.69, 9.17) is 9.47 Å². The van der Waals surface area contributed by atoms with E-state index in [9.17, 15) is 4.79 Å². The van der Waals surface area contributed by atoms with Gasteiger partial charge >= 0.3 is 0 Å². The van der Waals surface area contributed by atoms with Crippen molar-refractivity contribution in [1.29, 1.82) is 0 Å². The maximum atomic E-state index is 12.4. The highest BCUT2D eigenvalue weighted by Gasteiger charge is 2.28. The topological polar surface area (TPSA) is 51.1 Å². The van der Waals surface area contributed by atoms with E-state index in [1.807, 2.05) is 18.2 Å². The summed E-state index contributed by atoms with van der Waals surface area (Å²) in [6.07, 6.45) is 2.80. The Bertz CT molecular complexity index is 952. The predicted octanol–water partition coefficient (Wildman–Crippen LogP) is 3.73. The zero-order valence-corrected chi connectivity index (χ0v) is 16.1. The average molecular weight is 380 g/mol. The zero-order chi connectivity index (χ0) is 18.8. The fourth-order valence-electron chi connectivity index (χ4n) is 3.27. The molecule has 0 saturated heterocycles. The van der Waals surface area contributed by atoms with Crippen molar-refractivity contribution in [3.8, 4) is 11.5 Å². The Labute approximate surface area is 162 Å². The lowest BCUT2D eigenvalue weighted by atomic mass is 10.0. The summed E-state index contributed by atoms with van der Waals surface area (Å²) in [6.45, 7) is 1.66. The van der Waals surface area contributed by atoms with Gasteiger partial charge in [0.1, 0.15) is 11.5 Å². The Morgan fingerprint density at radius 2 is 1.93 bits per heavy atom. The first-order valence-corrected chi connectivity index (χ1v) is 9.56. The molecule has 0 aliphatic carbocycles. The molecule has 2 aromatic carbocycles. The van der Waals surface area contributed by atoms with Gasteiger partial charge in [-0.2, -0.15) is 4.99 Å². The van der Waals surface area contributed by atoms with Gasteiger partial charge in [-0.05, 0) is 47.5 Å². The zero-order valence-electron chi connectivity index (χ0n) is 15.3. The number of hydrogen-bond donors (Lipinski definition) is 0. The number of amidine groups is 1. The lowest BCUT2D eigenvalue weighted by Gasteiger charge is -2.29. The van der Waals surface area contributed by atoms with Crippen molar-refractivity contribution in [3.63, 3.8) is 0 Å². The number of nitrogens with zero attached hydrogens (tertiary/aromatic N) is 2. The largest absolute Gasteiger partial charge is 0.497 e. The molecule has 0 atom stereocenters. The van der Waals surface area contributed by atoms with Crippen LogP contribution in [0.25, 0.3) is 6.08 Å². The van der Waals surface area contributed by atoms with Crippen molar-refractivity contribution >= 4 is 28.9 Å². The van der Waals surface area contributed by atoms with Gasteiger partial charge in [-0.1, -0.05) is 24.3 Å². The van der Waals surface area contributed by atoms with Gasteiger partial charge in [-0.25, -0.2) is 0 Å². The van der Waals surface area contributed by atoms with Gasteiger partial charge in [0.2, 0.25) is 0 Å². The van der Waals surface area contributed by atoms with E-state index >= 15 is 0 Å². The third-order valence-corrected chi connectivity index (χ3v) is 5.78. The van der Waals surface area contributed by atoms with E-state index in [1.165, 1.54) is 22.9 Å². The number of thioether (sulfide) groups is 1. The lowest BCUT2D eigenvalue weighted by Crippen LogP contribution is -2.33. The Balaban J connectivity index is 1.54. The van der Waals surface area contributed by atoms with Crippen LogP contribution in [0.15, 0.2) is 52.4 Å². The van der Waals surface area contributed by atoms with Crippen LogP contribution >= 0.6 is 11.8 Å². The molecule has 0 N–H and O–H groups in total. The third kappa shape index (κ3) is 3.57. The van der Waals surface area contributed by atoms with Gasteiger partial charge in [-0.15, -0.1) is 0 Å². The average Bonchev–Trinajstić information content (AvgIpc) is 3.08. The minimum atomic E-state index is -0.202. The fraction of sp³-hybridized carbons (Fsp3) is 0.238. The summed E-state index contributed by atoms with van der Waals surface area (Å²) in [6, 6.07) is 14.0. The Kier molecular flexibility index (Phi) is 4.90. The fourth-order valence-corrected chi connectivity index (χ4v) is 4.20. The molecular weight excluding hydrogens is 360 g/mol. The Morgan fingerprint density at radius 1 is 1.11 bits per heavy atom. The lowest BCUT2D eigenvalue weighted by molar-refractivity contribution is -0.113. The van der Waals surface area contributed by atoms with Gasteiger partial charge in [0.05, 0.1) is 19.1 Å². The predicted molar refractivity (Wildman–Crippen MR) is 108 cm³/mol. The highest BCUT2D eigenvalue weighted by molar-refractivity contribution is 8.18. The van der Waals surface area contributed by atoms with Crippen molar-refractivity contribution in [2.24, 2.45) is 4.99 Å². The molecule has 5 nitrogen and oxygen atoms in total. The second-order valence-electron chi connectivity index (χ2n) is 6.36. The maximum absolute atomic E-state index is 12.4. The van der Waals surface area contributed by atoms with Gasteiger partial charge in [0.25, 0.3) is 5.91 Å². The van der Waals surface area contributed by atoms with Crippen LogP contribution in [0.5, 0.6) is 11.5 Å². The smallest absolute Gasteiger partial charge is 0.286 e. The first-order chi connectivity index (χ1) is 13.2. The third-order valence-electron chi connectivity index (χ3n) is 4.74. The summed E-state index contributed by atoms with van der Waals surface area (Å²) in [5.74, 6) is 1.17. The summed E-state index contributed by atoms with van der Waals surface area (Å²) in [4.78, 5) is 19.5. The van der Waals surface area contributed by atoms with Crippen molar-refractivity contribution < 1.29 is 14.3 Å². The first kappa shape index (κ1) is 17.7. The number of carbonyl (C=O) groups excluding carboxylic acids is 1. The van der Waals surface area contributed by atoms with Crippen LogP contribution in [0, 0.1) is 0 Å². The molecule has 6 heteroatoms. The van der Waals surface area contributed by atoms with Crippen LogP contribution in [0.4, 0.5) is 0 Å². The molecule has 0 bridgehead atoms. The van der Waals surface area contributed by atoms with Crippen LogP contribution in [0.1, 0.15) is 16.7 Å². The number of hydrogen-bond acceptors (Lipinski definition) is 5. The van der Waals surface area contributed by atoms with E-state index in [1.54, 1.807) is 20.3 Å². The summed E-state index contributed by atoms with van der Waals surface area (Å²) < 4.78 is 10.6. The standard InChI is InChI=1S/C21H20N2O3S/c1-25-17-8-7-15(18(12-17)26-2)11-19-20(24)22-21(27-19)23-10-9-14-5-3-4-6-16(14)13-23/h3-8,11-12H,9-10,13H2,1-2H3. The van der Waals surface area contributed by atoms with E-state index in [0.29, 0.717) is 16.4 Å². The minimum absolute atomic E-state index is 0.202. The molecule has 0 fully saturated rings. The van der Waals surface area contributed by atoms with Crippen LogP contribution in [-0.4, -0.2) is 36.7 Å². The Morgan fingerprint density at radius 3 is 2.70 bits per heavy atom. The van der Waals surface area contributed by atoms with Gasteiger partial charge in [0.15, 0.2) is 5.17 Å². The van der Waals surface area contributed by atoms with Crippen molar-refractivity contribution in [1.82, 2.24) is 4.90 Å². The minimum Gasteiger partial charge on any atom is -0.497 e. The second-order valence-corrected chi connectivity index (χ2v) is 7.37. The normalized spacial score (nSPS) is 17.7. The van der Waals surface area contributed by atoms with Gasteiger partial charge < -0.3 is 14.4 Å². The Hall–Kier alpha value is -2.73. The monoisotopic (exact) mass is 380 g/mol. The van der Waals surface area contributed by atoms with Crippen LogP contribution in [0.2, 0.25) is 0 Å². The molecule has 2 aliphatic heterocycles. The second kappa shape index (κ2) is 7.48. The molecule has 27 heavy (non-hydrogen) atoms. The van der Waals surface area contributed by atoms with Gasteiger partial charge in [0, 0.05) is 24.7 Å². The van der Waals surface area contributed by atoms with Crippen molar-refractivity contribution in [2.45, 2.75) is 13.0 Å². The highest BCUT2D eigenvalue weighted by atomic mass is 32.2. The molecule has 2 heterocycles.